The average Bonchev–Trinajstić information content (AvgIpc) is 2.99. The van der Waals surface area contributed by atoms with Gasteiger partial charge < -0.3 is 15.7 Å². The molecule has 0 aromatic heterocycles. The first kappa shape index (κ1) is 18.5. The minimum absolute atomic E-state index is 0.0993. The first-order valence-electron chi connectivity index (χ1n) is 8.81. The molecule has 1 aliphatic rings. The van der Waals surface area contributed by atoms with Crippen LogP contribution in [0, 0.1) is 0 Å². The highest BCUT2D eigenvalue weighted by Gasteiger charge is 2.33. The average molecular weight is 332 g/mol. The van der Waals surface area contributed by atoms with E-state index in [1.54, 1.807) is 12.1 Å². The van der Waals surface area contributed by atoms with Gasteiger partial charge in [0.2, 0.25) is 5.91 Å². The molecule has 0 aliphatic heterocycles. The molecular weight excluding hydrogens is 304 g/mol. The highest BCUT2D eigenvalue weighted by atomic mass is 16.3. The molecular formula is C19H28N2O3. The Hall–Kier alpha value is -1.88. The summed E-state index contributed by atoms with van der Waals surface area (Å²) in [6.07, 6.45) is 4.40. The zero-order valence-electron chi connectivity index (χ0n) is 14.6. The van der Waals surface area contributed by atoms with E-state index in [1.807, 2.05) is 26.0 Å². The molecule has 5 nitrogen and oxygen atoms in total. The van der Waals surface area contributed by atoms with Crippen molar-refractivity contribution in [2.45, 2.75) is 70.6 Å². The Labute approximate surface area is 143 Å². The molecule has 1 aromatic carbocycles. The van der Waals surface area contributed by atoms with Gasteiger partial charge in [-0.25, -0.2) is 0 Å². The van der Waals surface area contributed by atoms with E-state index in [1.165, 1.54) is 0 Å². The summed E-state index contributed by atoms with van der Waals surface area (Å²) >= 11 is 0. The maximum Gasteiger partial charge on any atom is 0.251 e. The maximum absolute atomic E-state index is 12.1. The summed E-state index contributed by atoms with van der Waals surface area (Å²) in [7, 11) is 0. The molecule has 1 atom stereocenters. The van der Waals surface area contributed by atoms with E-state index in [9.17, 15) is 14.7 Å². The van der Waals surface area contributed by atoms with Crippen LogP contribution in [0.1, 0.15) is 68.3 Å². The van der Waals surface area contributed by atoms with Gasteiger partial charge in [-0.2, -0.15) is 0 Å². The zero-order chi connectivity index (χ0) is 17.6. The number of aliphatic hydroxyl groups is 1. The van der Waals surface area contributed by atoms with Crippen LogP contribution in [0.2, 0.25) is 0 Å². The van der Waals surface area contributed by atoms with Crippen LogP contribution in [0.25, 0.3) is 0 Å². The number of nitrogens with one attached hydrogen (secondary N) is 2. The molecule has 1 aliphatic carbocycles. The molecule has 0 heterocycles. The third-order valence-corrected chi connectivity index (χ3v) is 4.69. The Balaban J connectivity index is 1.87. The Morgan fingerprint density at radius 3 is 2.67 bits per heavy atom. The Kier molecular flexibility index (Phi) is 6.37. The highest BCUT2D eigenvalue weighted by molar-refractivity contribution is 5.94. The number of hydrogen-bond acceptors (Lipinski definition) is 3. The second kappa shape index (κ2) is 8.29. The maximum atomic E-state index is 12.1. The third kappa shape index (κ3) is 5.34. The van der Waals surface area contributed by atoms with Gasteiger partial charge in [-0.05, 0) is 43.9 Å². The number of rotatable bonds is 7. The predicted octanol–water partition coefficient (Wildman–Crippen LogP) is 2.53. The van der Waals surface area contributed by atoms with E-state index in [4.69, 9.17) is 0 Å². The zero-order valence-corrected chi connectivity index (χ0v) is 14.6. The van der Waals surface area contributed by atoms with Crippen LogP contribution in [-0.4, -0.2) is 28.6 Å². The van der Waals surface area contributed by atoms with Crippen LogP contribution in [0.4, 0.5) is 0 Å². The summed E-state index contributed by atoms with van der Waals surface area (Å²) in [5, 5.41) is 16.0. The summed E-state index contributed by atoms with van der Waals surface area (Å²) in [6, 6.07) is 7.39. The van der Waals surface area contributed by atoms with E-state index < -0.39 is 5.60 Å². The summed E-state index contributed by atoms with van der Waals surface area (Å²) in [6.45, 7) is 4.35. The fourth-order valence-electron chi connectivity index (χ4n) is 3.00. The van der Waals surface area contributed by atoms with Crippen molar-refractivity contribution in [3.63, 3.8) is 0 Å². The van der Waals surface area contributed by atoms with Gasteiger partial charge in [-0.3, -0.25) is 9.59 Å². The normalized spacial score (nSPS) is 17.3. The molecule has 1 saturated carbocycles. The van der Waals surface area contributed by atoms with E-state index in [2.05, 4.69) is 10.6 Å². The van der Waals surface area contributed by atoms with Gasteiger partial charge in [-0.1, -0.05) is 31.9 Å². The van der Waals surface area contributed by atoms with Crippen LogP contribution in [0.3, 0.4) is 0 Å². The molecule has 2 amide bonds. The van der Waals surface area contributed by atoms with Crippen molar-refractivity contribution >= 4 is 11.8 Å². The summed E-state index contributed by atoms with van der Waals surface area (Å²) in [5.74, 6) is -0.244. The van der Waals surface area contributed by atoms with Gasteiger partial charge in [0.25, 0.3) is 5.91 Å². The van der Waals surface area contributed by atoms with E-state index in [0.29, 0.717) is 24.9 Å². The molecule has 132 valence electrons. The lowest BCUT2D eigenvalue weighted by Gasteiger charge is -2.21. The van der Waals surface area contributed by atoms with Gasteiger partial charge in [0.1, 0.15) is 0 Å². The molecule has 1 aromatic rings. The number of carbonyl (C=O) groups excluding carboxylic acids is 2. The van der Waals surface area contributed by atoms with Crippen molar-refractivity contribution in [3.8, 4) is 0 Å². The molecule has 1 unspecified atom stereocenters. The molecule has 0 spiro atoms. The van der Waals surface area contributed by atoms with Crippen LogP contribution >= 0.6 is 0 Å². The second-order valence-corrected chi connectivity index (χ2v) is 6.87. The Morgan fingerprint density at radius 2 is 2.00 bits per heavy atom. The number of hydrogen-bond donors (Lipinski definition) is 3. The first-order valence-corrected chi connectivity index (χ1v) is 8.81. The predicted molar refractivity (Wildman–Crippen MR) is 93.5 cm³/mol. The van der Waals surface area contributed by atoms with E-state index >= 15 is 0 Å². The van der Waals surface area contributed by atoms with Gasteiger partial charge >= 0.3 is 0 Å². The lowest BCUT2D eigenvalue weighted by Crippen LogP contribution is -2.34. The molecule has 3 N–H and O–H groups in total. The highest BCUT2D eigenvalue weighted by Crippen LogP contribution is 2.32. The topological polar surface area (TPSA) is 78.4 Å². The van der Waals surface area contributed by atoms with Crippen molar-refractivity contribution in [3.05, 3.63) is 35.4 Å². The molecule has 0 saturated heterocycles. The standard InChI is InChI=1S/C19H28N2O3/c1-3-14(2)21-18(23)16-8-6-7-15(11-16)13-20-17(22)12-19(24)9-4-5-10-19/h6-8,11,14,24H,3-5,9-10,12-13H2,1-2H3,(H,20,22)(H,21,23). The van der Waals surface area contributed by atoms with Crippen molar-refractivity contribution < 1.29 is 14.7 Å². The minimum atomic E-state index is -0.831. The van der Waals surface area contributed by atoms with Gasteiger partial charge in [-0.15, -0.1) is 0 Å². The fraction of sp³-hybridized carbons (Fsp3) is 0.579. The lowest BCUT2D eigenvalue weighted by molar-refractivity contribution is -0.126. The van der Waals surface area contributed by atoms with Crippen LogP contribution in [0.15, 0.2) is 24.3 Å². The Morgan fingerprint density at radius 1 is 1.29 bits per heavy atom. The van der Waals surface area contributed by atoms with Gasteiger partial charge in [0.05, 0.1) is 12.0 Å². The number of carbonyl (C=O) groups is 2. The monoisotopic (exact) mass is 332 g/mol. The fourth-order valence-corrected chi connectivity index (χ4v) is 3.00. The molecule has 5 heteroatoms. The third-order valence-electron chi connectivity index (χ3n) is 4.69. The number of benzene rings is 1. The van der Waals surface area contributed by atoms with E-state index in [-0.39, 0.29) is 24.3 Å². The molecule has 0 bridgehead atoms. The smallest absolute Gasteiger partial charge is 0.251 e. The van der Waals surface area contributed by atoms with Crippen LogP contribution in [-0.2, 0) is 11.3 Å². The van der Waals surface area contributed by atoms with Crippen molar-refractivity contribution in [2.75, 3.05) is 0 Å². The van der Waals surface area contributed by atoms with Gasteiger partial charge in [0.15, 0.2) is 0 Å². The first-order chi connectivity index (χ1) is 11.4. The second-order valence-electron chi connectivity index (χ2n) is 6.87. The summed E-state index contributed by atoms with van der Waals surface area (Å²) in [4.78, 5) is 24.2. The van der Waals surface area contributed by atoms with Crippen LogP contribution < -0.4 is 10.6 Å². The van der Waals surface area contributed by atoms with Crippen LogP contribution in [0.5, 0.6) is 0 Å². The van der Waals surface area contributed by atoms with Crippen molar-refractivity contribution in [2.24, 2.45) is 0 Å². The SMILES string of the molecule is CCC(C)NC(=O)c1cccc(CNC(=O)CC2(O)CCCC2)c1. The van der Waals surface area contributed by atoms with Crippen molar-refractivity contribution in [1.29, 1.82) is 0 Å². The molecule has 0 radical (unpaired) electrons. The Bertz CT molecular complexity index is 580. The molecule has 24 heavy (non-hydrogen) atoms. The summed E-state index contributed by atoms with van der Waals surface area (Å²) < 4.78 is 0. The largest absolute Gasteiger partial charge is 0.389 e. The molecule has 2 rings (SSSR count). The van der Waals surface area contributed by atoms with Gasteiger partial charge in [0, 0.05) is 18.2 Å². The van der Waals surface area contributed by atoms with E-state index in [0.717, 1.165) is 24.8 Å². The summed E-state index contributed by atoms with van der Waals surface area (Å²) in [5.41, 5.74) is 0.636. The number of amides is 2. The minimum Gasteiger partial charge on any atom is -0.389 e. The lowest BCUT2D eigenvalue weighted by atomic mass is 9.97. The molecule has 1 fully saturated rings. The van der Waals surface area contributed by atoms with Crippen molar-refractivity contribution in [1.82, 2.24) is 10.6 Å². The quantitative estimate of drug-likeness (QED) is 0.718.